The van der Waals surface area contributed by atoms with Gasteiger partial charge in [0.05, 0.1) is 31.3 Å². The predicted molar refractivity (Wildman–Crippen MR) is 169 cm³/mol. The lowest BCUT2D eigenvalue weighted by Gasteiger charge is -2.33. The van der Waals surface area contributed by atoms with Crippen LogP contribution in [-0.4, -0.2) is 99.7 Å². The van der Waals surface area contributed by atoms with Gasteiger partial charge in [-0.15, -0.1) is 0 Å². The number of nitrogens with two attached hydrogens (primary N) is 2. The van der Waals surface area contributed by atoms with Gasteiger partial charge in [0.25, 0.3) is 0 Å². The fourth-order valence-electron chi connectivity index (χ4n) is 4.07. The van der Waals surface area contributed by atoms with Crippen LogP contribution in [0.25, 0.3) is 0 Å². The number of primary amides is 1. The summed E-state index contributed by atoms with van der Waals surface area (Å²) in [6.45, 7) is 7.06. The molecule has 1 heterocycles. The molecule has 46 heavy (non-hydrogen) atoms. The number of esters is 2. The monoisotopic (exact) mass is 670 g/mol. The first-order valence-electron chi connectivity index (χ1n) is 15.1. The summed E-state index contributed by atoms with van der Waals surface area (Å²) in [4.78, 5) is 53.2. The normalized spacial score (nSPS) is 14.9. The highest BCUT2D eigenvalue weighted by Crippen LogP contribution is 2.16. The minimum atomic E-state index is -4.42. The van der Waals surface area contributed by atoms with Crippen LogP contribution in [0.4, 0.5) is 9.59 Å². The quantitative estimate of drug-likeness (QED) is 0.0535. The van der Waals surface area contributed by atoms with E-state index in [1.54, 1.807) is 6.92 Å². The number of aliphatic imine (C=N–C) groups is 1. The van der Waals surface area contributed by atoms with Gasteiger partial charge < -0.3 is 46.9 Å². The number of guanidine groups is 1. The van der Waals surface area contributed by atoms with Crippen molar-refractivity contribution in [1.29, 1.82) is 0 Å². The smallest absolute Gasteiger partial charge is 0.407 e. The Labute approximate surface area is 269 Å². The molecule has 0 saturated heterocycles. The molecule has 1 aromatic carbocycles. The lowest BCUT2D eigenvalue weighted by Crippen LogP contribution is -2.57. The first-order chi connectivity index (χ1) is 21.9. The van der Waals surface area contributed by atoms with Crippen LogP contribution in [-0.2, 0) is 24.3 Å². The minimum absolute atomic E-state index is 0.0498. The van der Waals surface area contributed by atoms with Gasteiger partial charge in [0.2, 0.25) is 10.0 Å². The standard InChI is InChI=1S/C28H46N8O9S/c1-4-6-15-44-28(40)35-21(5-2)18-36(46(41,42)19(3)34-26(30)39)23(29)17-24(37)45-25(38)20-8-10-22(11-9-20)43-16-14-33-27-31-12-7-13-32-27/h8-11,19,21,23H,4-7,12-18,29H2,1-3H3,(H,35,40)(H3,30,34,39)(H2,31,32,33)/t19?,21?,23-/m0/s1. The number of carbonyl (C=O) groups excluding carboxylic acids is 4. The number of unbranched alkanes of at least 4 members (excludes halogenated alkanes) is 1. The molecule has 0 aromatic heterocycles. The fourth-order valence-corrected chi connectivity index (χ4v) is 5.58. The Balaban J connectivity index is 2.01. The van der Waals surface area contributed by atoms with Crippen molar-refractivity contribution in [2.24, 2.45) is 16.5 Å². The maximum atomic E-state index is 13.4. The molecule has 0 spiro atoms. The van der Waals surface area contributed by atoms with E-state index in [0.717, 1.165) is 36.2 Å². The molecule has 18 heteroatoms. The first kappa shape index (κ1) is 38.0. The van der Waals surface area contributed by atoms with E-state index in [4.69, 9.17) is 25.7 Å². The predicted octanol–water partition coefficient (Wildman–Crippen LogP) is 0.314. The molecule has 0 fully saturated rings. The number of nitrogens with zero attached hydrogens (tertiary/aromatic N) is 2. The molecular formula is C28H46N8O9S. The molecule has 3 atom stereocenters. The number of benzene rings is 1. The average molecular weight is 671 g/mol. The highest BCUT2D eigenvalue weighted by Gasteiger charge is 2.36. The molecule has 0 saturated carbocycles. The molecule has 2 unspecified atom stereocenters. The van der Waals surface area contributed by atoms with E-state index in [1.165, 1.54) is 31.2 Å². The maximum Gasteiger partial charge on any atom is 0.407 e. The summed E-state index contributed by atoms with van der Waals surface area (Å²) in [6.07, 6.45) is -0.294. The van der Waals surface area contributed by atoms with Crippen molar-refractivity contribution < 1.29 is 41.8 Å². The second kappa shape index (κ2) is 19.4. The molecule has 0 aliphatic carbocycles. The third-order valence-corrected chi connectivity index (χ3v) is 8.75. The lowest BCUT2D eigenvalue weighted by molar-refractivity contribution is -0.138. The summed E-state index contributed by atoms with van der Waals surface area (Å²) in [5.74, 6) is -0.871. The van der Waals surface area contributed by atoms with Crippen LogP contribution in [0.15, 0.2) is 29.3 Å². The van der Waals surface area contributed by atoms with E-state index in [0.29, 0.717) is 25.3 Å². The van der Waals surface area contributed by atoms with E-state index in [2.05, 4.69) is 26.3 Å². The maximum absolute atomic E-state index is 13.4. The van der Waals surface area contributed by atoms with Gasteiger partial charge in [-0.05, 0) is 50.5 Å². The number of hydrogen-bond donors (Lipinski definition) is 6. The van der Waals surface area contributed by atoms with Crippen molar-refractivity contribution in [3.8, 4) is 5.75 Å². The number of ether oxygens (including phenoxy) is 3. The average Bonchev–Trinajstić information content (AvgIpc) is 3.01. The SMILES string of the molecule is CCCCOC(=O)NC(CC)CN([C@H](N)CC(=O)OC(=O)c1ccc(OCCNC2=NCCCN2)cc1)S(=O)(=O)C(C)NC(N)=O. The Kier molecular flexibility index (Phi) is 16.0. The zero-order chi connectivity index (χ0) is 34.1. The van der Waals surface area contributed by atoms with Gasteiger partial charge in [0, 0.05) is 25.7 Å². The van der Waals surface area contributed by atoms with Crippen LogP contribution >= 0.6 is 0 Å². The third-order valence-electron chi connectivity index (χ3n) is 6.67. The zero-order valence-electron chi connectivity index (χ0n) is 26.5. The topological polar surface area (TPSA) is 246 Å². The van der Waals surface area contributed by atoms with Gasteiger partial charge in [0.15, 0.2) is 5.96 Å². The van der Waals surface area contributed by atoms with Gasteiger partial charge in [0.1, 0.15) is 17.7 Å². The summed E-state index contributed by atoms with van der Waals surface area (Å²) >= 11 is 0. The Hall–Kier alpha value is -4.16. The van der Waals surface area contributed by atoms with Crippen molar-refractivity contribution >= 4 is 40.0 Å². The van der Waals surface area contributed by atoms with E-state index in [-0.39, 0.29) is 25.1 Å². The number of hydrogen-bond acceptors (Lipinski definition) is 13. The molecule has 258 valence electrons. The van der Waals surface area contributed by atoms with Crippen molar-refractivity contribution in [2.75, 3.05) is 39.4 Å². The molecule has 0 bridgehead atoms. The second-order valence-corrected chi connectivity index (χ2v) is 12.6. The highest BCUT2D eigenvalue weighted by molar-refractivity contribution is 7.89. The van der Waals surface area contributed by atoms with Gasteiger partial charge in [-0.1, -0.05) is 20.3 Å². The molecular weight excluding hydrogens is 624 g/mol. The Morgan fingerprint density at radius 2 is 1.83 bits per heavy atom. The largest absolute Gasteiger partial charge is 0.492 e. The Bertz CT molecular complexity index is 1290. The zero-order valence-corrected chi connectivity index (χ0v) is 27.3. The van der Waals surface area contributed by atoms with Crippen LogP contribution in [0.3, 0.4) is 0 Å². The van der Waals surface area contributed by atoms with E-state index in [9.17, 15) is 27.6 Å². The molecule has 1 aromatic rings. The number of urea groups is 1. The fraction of sp³-hybridized carbons (Fsp3) is 0.607. The van der Waals surface area contributed by atoms with Crippen LogP contribution < -0.4 is 37.5 Å². The number of carbonyl (C=O) groups is 4. The second-order valence-electron chi connectivity index (χ2n) is 10.3. The molecule has 17 nitrogen and oxygen atoms in total. The Morgan fingerprint density at radius 1 is 1.11 bits per heavy atom. The third kappa shape index (κ3) is 13.1. The van der Waals surface area contributed by atoms with Gasteiger partial charge >= 0.3 is 24.1 Å². The van der Waals surface area contributed by atoms with Gasteiger partial charge in [-0.25, -0.2) is 22.8 Å². The first-order valence-corrected chi connectivity index (χ1v) is 16.6. The summed E-state index contributed by atoms with van der Waals surface area (Å²) in [5, 5.41) is 9.39. The summed E-state index contributed by atoms with van der Waals surface area (Å²) in [6, 6.07) is 4.03. The van der Waals surface area contributed by atoms with Crippen LogP contribution in [0.1, 0.15) is 63.2 Å². The van der Waals surface area contributed by atoms with E-state index < -0.39 is 58.1 Å². The summed E-state index contributed by atoms with van der Waals surface area (Å²) in [7, 11) is -4.42. The highest BCUT2D eigenvalue weighted by atomic mass is 32.2. The minimum Gasteiger partial charge on any atom is -0.492 e. The van der Waals surface area contributed by atoms with E-state index in [1.807, 2.05) is 6.92 Å². The Morgan fingerprint density at radius 3 is 2.43 bits per heavy atom. The number of nitrogens with one attached hydrogen (secondary N) is 4. The van der Waals surface area contributed by atoms with Crippen molar-refractivity contribution in [2.45, 2.75) is 70.5 Å². The molecule has 2 rings (SSSR count). The van der Waals surface area contributed by atoms with Gasteiger partial charge in [-0.2, -0.15) is 4.31 Å². The number of rotatable bonds is 18. The van der Waals surface area contributed by atoms with Crippen molar-refractivity contribution in [3.05, 3.63) is 29.8 Å². The summed E-state index contributed by atoms with van der Waals surface area (Å²) in [5.41, 5.74) is 11.3. The molecule has 1 aliphatic rings. The van der Waals surface area contributed by atoms with Crippen LogP contribution in [0, 0.1) is 0 Å². The molecule has 3 amide bonds. The molecule has 0 radical (unpaired) electrons. The van der Waals surface area contributed by atoms with Gasteiger partial charge in [-0.3, -0.25) is 9.79 Å². The van der Waals surface area contributed by atoms with Crippen molar-refractivity contribution in [3.63, 3.8) is 0 Å². The van der Waals surface area contributed by atoms with Crippen LogP contribution in [0.5, 0.6) is 5.75 Å². The number of alkyl carbamates (subject to hydrolysis) is 1. The van der Waals surface area contributed by atoms with Crippen molar-refractivity contribution in [1.82, 2.24) is 25.6 Å². The lowest BCUT2D eigenvalue weighted by atomic mass is 10.2. The summed E-state index contributed by atoms with van der Waals surface area (Å²) < 4.78 is 43.2. The molecule has 1 aliphatic heterocycles. The van der Waals surface area contributed by atoms with Crippen LogP contribution in [0.2, 0.25) is 0 Å². The van der Waals surface area contributed by atoms with E-state index >= 15 is 0 Å². The molecule has 8 N–H and O–H groups in total. The number of sulfonamides is 1. The number of amides is 3.